The Bertz CT molecular complexity index is 1180. The molecule has 9 aliphatic rings. The Kier molecular flexibility index (Phi) is 3.71. The minimum absolute atomic E-state index is 0.0847. The molecule has 184 valence electrons. The predicted molar refractivity (Wildman–Crippen MR) is 126 cm³/mol. The van der Waals surface area contributed by atoms with Crippen molar-refractivity contribution in [3.05, 3.63) is 48.0 Å². The fourth-order valence-electron chi connectivity index (χ4n) is 11.8. The molecule has 13 atom stereocenters. The second-order valence-corrected chi connectivity index (χ2v) is 13.1. The topological polar surface area (TPSA) is 76.1 Å². The molecule has 2 spiro atoms. The van der Waals surface area contributed by atoms with Crippen LogP contribution < -0.4 is 0 Å². The van der Waals surface area contributed by atoms with Crippen molar-refractivity contribution in [1.29, 1.82) is 0 Å². The lowest BCUT2D eigenvalue weighted by molar-refractivity contribution is -0.215. The van der Waals surface area contributed by atoms with Gasteiger partial charge in [0.25, 0.3) is 0 Å². The van der Waals surface area contributed by atoms with Crippen molar-refractivity contribution in [3.8, 4) is 0 Å². The van der Waals surface area contributed by atoms with E-state index in [9.17, 15) is 14.7 Å². The molecule has 1 aromatic carbocycles. The van der Waals surface area contributed by atoms with E-state index in [0.29, 0.717) is 17.5 Å². The highest BCUT2D eigenvalue weighted by molar-refractivity contribution is 5.89. The highest BCUT2D eigenvalue weighted by atomic mass is 16.5. The minimum atomic E-state index is -0.576. The molecule has 10 rings (SSSR count). The van der Waals surface area contributed by atoms with Gasteiger partial charge in [-0.1, -0.05) is 37.3 Å². The van der Waals surface area contributed by atoms with Crippen LogP contribution in [0.1, 0.15) is 49.9 Å². The summed E-state index contributed by atoms with van der Waals surface area (Å²) in [6, 6.07) is 9.97. The second-order valence-electron chi connectivity index (χ2n) is 13.1. The Morgan fingerprint density at radius 3 is 2.63 bits per heavy atom. The number of benzene rings is 1. The van der Waals surface area contributed by atoms with Crippen molar-refractivity contribution in [2.45, 2.75) is 69.9 Å². The lowest BCUT2D eigenvalue weighted by Crippen LogP contribution is -2.68. The number of aliphatic hydroxyl groups excluding tert-OH is 1. The summed E-state index contributed by atoms with van der Waals surface area (Å²) >= 11 is 0. The first-order valence-corrected chi connectivity index (χ1v) is 13.3. The maximum atomic E-state index is 13.3. The quantitative estimate of drug-likeness (QED) is 0.535. The van der Waals surface area contributed by atoms with Crippen molar-refractivity contribution in [2.24, 2.45) is 39.9 Å². The lowest BCUT2D eigenvalue weighted by Gasteiger charge is -2.66. The summed E-state index contributed by atoms with van der Waals surface area (Å²) in [5, 5.41) is 12.1. The van der Waals surface area contributed by atoms with E-state index in [1.165, 1.54) is 6.92 Å². The number of aliphatic hydroxyl groups is 1. The van der Waals surface area contributed by atoms with Crippen LogP contribution in [-0.2, 0) is 14.3 Å². The summed E-state index contributed by atoms with van der Waals surface area (Å²) in [4.78, 5) is 28.0. The van der Waals surface area contributed by atoms with Gasteiger partial charge >= 0.3 is 11.9 Å². The molecule has 1 N–H and O–H groups in total. The number of hydrogen-bond donors (Lipinski definition) is 1. The number of nitrogens with zero attached hydrogens (tertiary/aromatic N) is 1. The molecule has 6 heteroatoms. The van der Waals surface area contributed by atoms with E-state index in [4.69, 9.17) is 9.47 Å². The molecule has 0 amide bonds. The molecule has 6 nitrogen and oxygen atoms in total. The SMILES string of the molecule is C=C1C[C@@]23C[C@H]4[C@@H]5[C@@]6(C)C[C@H](OC(C)=O)C[C@@]57[C@@H]2[C@H](O)[C@@H]1[C@H](OC(=O)c1ccccc1)[C@@H]3[C@H]7N4C6. The van der Waals surface area contributed by atoms with Gasteiger partial charge in [-0.3, -0.25) is 9.69 Å². The van der Waals surface area contributed by atoms with E-state index in [-0.39, 0.29) is 64.2 Å². The third-order valence-electron chi connectivity index (χ3n) is 11.7. The van der Waals surface area contributed by atoms with Crippen molar-refractivity contribution in [1.82, 2.24) is 4.90 Å². The van der Waals surface area contributed by atoms with E-state index in [1.807, 2.05) is 18.2 Å². The van der Waals surface area contributed by atoms with E-state index in [0.717, 1.165) is 37.8 Å². The number of piperidine rings is 2. The van der Waals surface area contributed by atoms with Crippen LogP contribution in [0.4, 0.5) is 0 Å². The molecule has 1 unspecified atom stereocenters. The summed E-state index contributed by atoms with van der Waals surface area (Å²) in [5.41, 5.74) is 1.51. The number of ether oxygens (including phenoxy) is 2. The summed E-state index contributed by atoms with van der Waals surface area (Å²) in [6.45, 7) is 9.32. The molecular weight excluding hydrogens is 442 g/mol. The van der Waals surface area contributed by atoms with Crippen molar-refractivity contribution >= 4 is 11.9 Å². The van der Waals surface area contributed by atoms with Gasteiger partial charge in [-0.05, 0) is 60.5 Å². The average molecular weight is 476 g/mol. The zero-order valence-corrected chi connectivity index (χ0v) is 20.4. The zero-order valence-electron chi connectivity index (χ0n) is 20.4. The minimum Gasteiger partial charge on any atom is -0.463 e. The van der Waals surface area contributed by atoms with Crippen LogP contribution in [0.3, 0.4) is 0 Å². The molecule has 0 radical (unpaired) electrons. The van der Waals surface area contributed by atoms with E-state index in [1.54, 1.807) is 12.1 Å². The van der Waals surface area contributed by atoms with Crippen LogP contribution in [0.15, 0.2) is 42.5 Å². The molecule has 9 fully saturated rings. The molecule has 1 aromatic rings. The number of rotatable bonds is 3. The van der Waals surface area contributed by atoms with Gasteiger partial charge in [0.15, 0.2) is 0 Å². The summed E-state index contributed by atoms with van der Waals surface area (Å²) in [5.74, 6) is 0.0977. The standard InChI is InChI=1S/C29H33NO5/c1-14-9-28-12-18-23-27(3)10-17(34-15(2)31)11-29(23)24(28)21(32)19(14)22(20(28)25(29)30(18)13-27)35-26(33)16-7-5-4-6-8-16/h4-8,17-25,32H,1,9-13H2,2-3H3/t17-,18-,19+,20+,21+,22-,23+,24+,25+,27-,28-,29-/m0/s1. The van der Waals surface area contributed by atoms with Crippen molar-refractivity contribution in [2.75, 3.05) is 6.54 Å². The van der Waals surface area contributed by atoms with Gasteiger partial charge in [0.05, 0.1) is 11.7 Å². The van der Waals surface area contributed by atoms with Gasteiger partial charge in [0.2, 0.25) is 0 Å². The van der Waals surface area contributed by atoms with Crippen LogP contribution in [0.2, 0.25) is 0 Å². The zero-order chi connectivity index (χ0) is 24.1. The lowest BCUT2D eigenvalue weighted by atomic mass is 9.39. The number of fused-ring (bicyclic) bond motifs is 1. The second kappa shape index (κ2) is 6.20. The van der Waals surface area contributed by atoms with E-state index >= 15 is 0 Å². The molecule has 3 aliphatic heterocycles. The Morgan fingerprint density at radius 1 is 1.11 bits per heavy atom. The van der Waals surface area contributed by atoms with Gasteiger partial charge in [-0.2, -0.15) is 0 Å². The third-order valence-corrected chi connectivity index (χ3v) is 11.7. The Morgan fingerprint density at radius 2 is 1.89 bits per heavy atom. The maximum Gasteiger partial charge on any atom is 0.338 e. The number of hydrogen-bond acceptors (Lipinski definition) is 6. The van der Waals surface area contributed by atoms with Crippen molar-refractivity contribution in [3.63, 3.8) is 0 Å². The highest BCUT2D eigenvalue weighted by Crippen LogP contribution is 2.87. The number of carbonyl (C=O) groups excluding carboxylic acids is 2. The largest absolute Gasteiger partial charge is 0.463 e. The van der Waals surface area contributed by atoms with Crippen LogP contribution in [0, 0.1) is 39.9 Å². The van der Waals surface area contributed by atoms with E-state index in [2.05, 4.69) is 18.4 Å². The molecule has 6 aliphatic carbocycles. The number of carbonyl (C=O) groups is 2. The third kappa shape index (κ3) is 2.15. The van der Waals surface area contributed by atoms with Crippen LogP contribution in [-0.4, -0.2) is 58.9 Å². The summed E-state index contributed by atoms with van der Waals surface area (Å²) in [7, 11) is 0. The summed E-state index contributed by atoms with van der Waals surface area (Å²) < 4.78 is 12.3. The van der Waals surface area contributed by atoms with Gasteiger partial charge in [0.1, 0.15) is 12.2 Å². The maximum absolute atomic E-state index is 13.3. The monoisotopic (exact) mass is 475 g/mol. The molecule has 6 saturated carbocycles. The first-order valence-electron chi connectivity index (χ1n) is 13.3. The Balaban J connectivity index is 1.26. The molecule has 9 bridgehead atoms. The smallest absolute Gasteiger partial charge is 0.338 e. The van der Waals surface area contributed by atoms with Gasteiger partial charge in [-0.25, -0.2) is 4.79 Å². The van der Waals surface area contributed by atoms with Crippen LogP contribution >= 0.6 is 0 Å². The molecule has 0 aromatic heterocycles. The first kappa shape index (κ1) is 21.0. The van der Waals surface area contributed by atoms with E-state index < -0.39 is 6.10 Å². The summed E-state index contributed by atoms with van der Waals surface area (Å²) in [6.07, 6.45) is 2.67. The molecular formula is C29H33NO5. The van der Waals surface area contributed by atoms with Crippen molar-refractivity contribution < 1.29 is 24.2 Å². The van der Waals surface area contributed by atoms with Crippen LogP contribution in [0.5, 0.6) is 0 Å². The highest BCUT2D eigenvalue weighted by Gasteiger charge is 2.90. The fourth-order valence-corrected chi connectivity index (χ4v) is 11.8. The fraction of sp³-hybridized carbons (Fsp3) is 0.655. The van der Waals surface area contributed by atoms with Crippen LogP contribution in [0.25, 0.3) is 0 Å². The van der Waals surface area contributed by atoms with Gasteiger partial charge in [0, 0.05) is 42.8 Å². The Hall–Kier alpha value is -2.18. The number of esters is 2. The normalized spacial score (nSPS) is 55.3. The molecule has 3 saturated heterocycles. The Labute approximate surface area is 205 Å². The predicted octanol–water partition coefficient (Wildman–Crippen LogP) is 3.20. The first-order chi connectivity index (χ1) is 16.7. The molecule has 35 heavy (non-hydrogen) atoms. The van der Waals surface area contributed by atoms with Gasteiger partial charge < -0.3 is 14.6 Å². The van der Waals surface area contributed by atoms with Gasteiger partial charge in [-0.15, -0.1) is 0 Å². The molecule has 3 heterocycles. The average Bonchev–Trinajstić information content (AvgIpc) is 3.22.